The number of methoxy groups -OCH3 is 1. The number of halogens is 1. The van der Waals surface area contributed by atoms with Gasteiger partial charge in [-0.05, 0) is 42.2 Å². The number of para-hydroxylation sites is 1. The van der Waals surface area contributed by atoms with Gasteiger partial charge < -0.3 is 19.5 Å². The average Bonchev–Trinajstić information content (AvgIpc) is 2.86. The number of likely N-dealkylation sites (N-methyl/N-ethyl adjacent to an activating group) is 1. The van der Waals surface area contributed by atoms with E-state index in [4.69, 9.17) is 4.74 Å². The van der Waals surface area contributed by atoms with E-state index in [-0.39, 0.29) is 11.9 Å². The number of carbonyl (C=O) groups excluding carboxylic acids is 1. The average molecular weight is 380 g/mol. The minimum Gasteiger partial charge on any atom is -0.496 e. The first kappa shape index (κ1) is 17.6. The van der Waals surface area contributed by atoms with Crippen LogP contribution in [0.5, 0.6) is 5.75 Å². The maximum absolute atomic E-state index is 12.4. The number of carbonyl (C=O) groups is 1. The minimum absolute atomic E-state index is 0.0267. The number of aryl methyl sites for hydroxylation is 1. The summed E-state index contributed by atoms with van der Waals surface area (Å²) in [6, 6.07) is 9.71. The van der Waals surface area contributed by atoms with E-state index in [0.717, 1.165) is 15.8 Å². The molecule has 0 radical (unpaired) electrons. The van der Waals surface area contributed by atoms with E-state index in [1.54, 1.807) is 11.7 Å². The van der Waals surface area contributed by atoms with Crippen LogP contribution in [0, 0.1) is 0 Å². The molecule has 2 rings (SSSR count). The molecule has 0 saturated heterocycles. The molecule has 1 aromatic heterocycles. The van der Waals surface area contributed by atoms with E-state index < -0.39 is 0 Å². The zero-order valence-electron chi connectivity index (χ0n) is 13.8. The molecule has 1 aromatic carbocycles. The quantitative estimate of drug-likeness (QED) is 0.839. The summed E-state index contributed by atoms with van der Waals surface area (Å²) in [5.74, 6) is 0.724. The summed E-state index contributed by atoms with van der Waals surface area (Å²) >= 11 is 3.38. The molecule has 1 unspecified atom stereocenters. The second kappa shape index (κ2) is 7.66. The maximum atomic E-state index is 12.4. The van der Waals surface area contributed by atoms with Gasteiger partial charge in [0.25, 0.3) is 5.91 Å². The second-order valence-corrected chi connectivity index (χ2v) is 6.50. The van der Waals surface area contributed by atoms with Crippen LogP contribution in [0.4, 0.5) is 0 Å². The Hall–Kier alpha value is -1.79. The fourth-order valence-corrected chi connectivity index (χ4v) is 3.07. The minimum atomic E-state index is -0.0973. The smallest absolute Gasteiger partial charge is 0.268 e. The van der Waals surface area contributed by atoms with Crippen LogP contribution in [0.1, 0.15) is 22.1 Å². The highest BCUT2D eigenvalue weighted by molar-refractivity contribution is 9.10. The number of aromatic nitrogens is 1. The molecule has 1 amide bonds. The molecule has 0 bridgehead atoms. The van der Waals surface area contributed by atoms with Crippen LogP contribution in [0.3, 0.4) is 0 Å². The first-order valence-corrected chi connectivity index (χ1v) is 8.12. The predicted molar refractivity (Wildman–Crippen MR) is 94.9 cm³/mol. The van der Waals surface area contributed by atoms with Crippen LogP contribution >= 0.6 is 15.9 Å². The van der Waals surface area contributed by atoms with E-state index in [1.807, 2.05) is 57.7 Å². The van der Waals surface area contributed by atoms with Crippen molar-refractivity contribution in [1.29, 1.82) is 0 Å². The maximum Gasteiger partial charge on any atom is 0.268 e. The summed E-state index contributed by atoms with van der Waals surface area (Å²) in [4.78, 5) is 14.5. The number of rotatable bonds is 6. The first-order chi connectivity index (χ1) is 10.9. The molecule has 124 valence electrons. The highest BCUT2D eigenvalue weighted by atomic mass is 79.9. The summed E-state index contributed by atoms with van der Waals surface area (Å²) in [5.41, 5.74) is 1.67. The van der Waals surface area contributed by atoms with Crippen LogP contribution in [0.15, 0.2) is 41.0 Å². The Morgan fingerprint density at radius 1 is 1.39 bits per heavy atom. The van der Waals surface area contributed by atoms with Crippen molar-refractivity contribution in [3.8, 4) is 5.75 Å². The third kappa shape index (κ3) is 4.14. The van der Waals surface area contributed by atoms with Crippen LogP contribution in [-0.4, -0.2) is 43.1 Å². The summed E-state index contributed by atoms with van der Waals surface area (Å²) in [6.45, 7) is 0.495. The van der Waals surface area contributed by atoms with Crippen molar-refractivity contribution in [2.24, 2.45) is 7.05 Å². The van der Waals surface area contributed by atoms with Crippen molar-refractivity contribution in [3.63, 3.8) is 0 Å². The van der Waals surface area contributed by atoms with Gasteiger partial charge in [-0.2, -0.15) is 0 Å². The van der Waals surface area contributed by atoms with Crippen molar-refractivity contribution in [2.45, 2.75) is 6.04 Å². The molecule has 1 N–H and O–H groups in total. The van der Waals surface area contributed by atoms with Gasteiger partial charge in [-0.3, -0.25) is 4.79 Å². The summed E-state index contributed by atoms with van der Waals surface area (Å²) in [6.07, 6.45) is 1.86. The van der Waals surface area contributed by atoms with E-state index in [2.05, 4.69) is 26.1 Å². The highest BCUT2D eigenvalue weighted by Crippen LogP contribution is 2.27. The van der Waals surface area contributed by atoms with Gasteiger partial charge in [0.1, 0.15) is 11.4 Å². The summed E-state index contributed by atoms with van der Waals surface area (Å²) < 4.78 is 8.13. The number of ether oxygens (including phenoxy) is 1. The zero-order chi connectivity index (χ0) is 17.0. The van der Waals surface area contributed by atoms with E-state index >= 15 is 0 Å². The van der Waals surface area contributed by atoms with Gasteiger partial charge in [-0.1, -0.05) is 18.2 Å². The molecule has 0 saturated carbocycles. The van der Waals surface area contributed by atoms with Gasteiger partial charge in [0.2, 0.25) is 0 Å². The number of nitrogens with one attached hydrogen (secondary N) is 1. The Labute approximate surface area is 145 Å². The molecular weight excluding hydrogens is 358 g/mol. The molecule has 0 fully saturated rings. The highest BCUT2D eigenvalue weighted by Gasteiger charge is 2.20. The Kier molecular flexibility index (Phi) is 5.85. The molecule has 0 spiro atoms. The largest absolute Gasteiger partial charge is 0.496 e. The molecular formula is C17H22BrN3O2. The number of hydrogen-bond acceptors (Lipinski definition) is 3. The van der Waals surface area contributed by atoms with Crippen LogP contribution < -0.4 is 10.1 Å². The summed E-state index contributed by atoms with van der Waals surface area (Å²) in [7, 11) is 7.49. The number of benzene rings is 1. The van der Waals surface area contributed by atoms with Gasteiger partial charge in [-0.15, -0.1) is 0 Å². The van der Waals surface area contributed by atoms with Gasteiger partial charge in [0.05, 0.1) is 13.2 Å². The number of nitrogens with zero attached hydrogens (tertiary/aromatic N) is 2. The van der Waals surface area contributed by atoms with Crippen LogP contribution in [0.25, 0.3) is 0 Å². The summed E-state index contributed by atoms with van der Waals surface area (Å²) in [5, 5.41) is 3.01. The predicted octanol–water partition coefficient (Wildman–Crippen LogP) is 2.83. The van der Waals surface area contributed by atoms with Gasteiger partial charge in [-0.25, -0.2) is 0 Å². The van der Waals surface area contributed by atoms with E-state index in [1.165, 1.54) is 0 Å². The third-order valence-corrected chi connectivity index (χ3v) is 4.22. The molecule has 5 nitrogen and oxygen atoms in total. The third-order valence-electron chi connectivity index (χ3n) is 3.78. The SMILES string of the molecule is COc1ccccc1C(CNC(=O)c1cc(Br)cn1C)N(C)C. The molecule has 2 aromatic rings. The molecule has 23 heavy (non-hydrogen) atoms. The van der Waals surface area contributed by atoms with Gasteiger partial charge in [0, 0.05) is 29.8 Å². The van der Waals surface area contributed by atoms with E-state index in [9.17, 15) is 4.79 Å². The normalized spacial score (nSPS) is 12.3. The lowest BCUT2D eigenvalue weighted by molar-refractivity contribution is 0.0933. The van der Waals surface area contributed by atoms with Crippen LogP contribution in [0.2, 0.25) is 0 Å². The zero-order valence-corrected chi connectivity index (χ0v) is 15.4. The molecule has 0 aliphatic heterocycles. The number of amides is 1. The van der Waals surface area contributed by atoms with Gasteiger partial charge >= 0.3 is 0 Å². The number of hydrogen-bond donors (Lipinski definition) is 1. The Bertz CT molecular complexity index is 682. The Morgan fingerprint density at radius 3 is 2.65 bits per heavy atom. The van der Waals surface area contributed by atoms with Crippen molar-refractivity contribution in [1.82, 2.24) is 14.8 Å². The van der Waals surface area contributed by atoms with Crippen molar-refractivity contribution < 1.29 is 9.53 Å². The molecule has 6 heteroatoms. The van der Waals surface area contributed by atoms with Crippen LogP contribution in [-0.2, 0) is 7.05 Å². The fraction of sp³-hybridized carbons (Fsp3) is 0.353. The molecule has 0 aliphatic carbocycles. The van der Waals surface area contributed by atoms with E-state index in [0.29, 0.717) is 12.2 Å². The van der Waals surface area contributed by atoms with Crippen molar-refractivity contribution in [2.75, 3.05) is 27.7 Å². The fourth-order valence-electron chi connectivity index (χ4n) is 2.54. The Morgan fingerprint density at radius 2 is 2.09 bits per heavy atom. The monoisotopic (exact) mass is 379 g/mol. The second-order valence-electron chi connectivity index (χ2n) is 5.59. The lowest BCUT2D eigenvalue weighted by Crippen LogP contribution is -2.35. The molecule has 1 heterocycles. The van der Waals surface area contributed by atoms with Gasteiger partial charge in [0.15, 0.2) is 0 Å². The lowest BCUT2D eigenvalue weighted by Gasteiger charge is -2.26. The van der Waals surface area contributed by atoms with Crippen molar-refractivity contribution >= 4 is 21.8 Å². The molecule has 1 atom stereocenters. The van der Waals surface area contributed by atoms with Crippen molar-refractivity contribution in [3.05, 3.63) is 52.3 Å². The Balaban J connectivity index is 2.14. The topological polar surface area (TPSA) is 46.5 Å². The lowest BCUT2D eigenvalue weighted by atomic mass is 10.0. The standard InChI is InChI=1S/C17H22BrN3O2/c1-20(2)15(13-7-5-6-8-16(13)23-4)10-19-17(22)14-9-12(18)11-21(14)3/h5-9,11,15H,10H2,1-4H3,(H,19,22). The first-order valence-electron chi connectivity index (χ1n) is 7.33. The molecule has 0 aliphatic rings.